The second-order valence-electron chi connectivity index (χ2n) is 17.5. The fourth-order valence-electron chi connectivity index (χ4n) is 9.91. The van der Waals surface area contributed by atoms with Gasteiger partial charge >= 0.3 is 0 Å². The number of rotatable bonds is 10. The van der Waals surface area contributed by atoms with Gasteiger partial charge in [-0.2, -0.15) is 10.1 Å². The van der Waals surface area contributed by atoms with Crippen LogP contribution in [0.5, 0.6) is 0 Å². The molecule has 2 aromatic carbocycles. The number of piperidine rings is 1. The Morgan fingerprint density at radius 1 is 1.03 bits per heavy atom. The average Bonchev–Trinajstić information content (AvgIpc) is 4.02. The first-order chi connectivity index (χ1) is 28.4. The lowest BCUT2D eigenvalue weighted by Crippen LogP contribution is -2.51. The number of halogens is 4. The number of alkyl halides is 3. The van der Waals surface area contributed by atoms with Crippen LogP contribution in [-0.4, -0.2) is 95.6 Å². The molecule has 4 atom stereocenters. The van der Waals surface area contributed by atoms with Gasteiger partial charge in [0.25, 0.3) is 5.92 Å². The van der Waals surface area contributed by atoms with Crippen molar-refractivity contribution in [2.45, 2.75) is 82.8 Å². The lowest BCUT2D eigenvalue weighted by atomic mass is 9.93. The molecular weight excluding hydrogens is 773 g/mol. The third kappa shape index (κ3) is 7.62. The molecule has 9 rings (SSSR count). The molecule has 0 radical (unpaired) electrons. The van der Waals surface area contributed by atoms with E-state index in [1.165, 1.54) is 22.3 Å². The Hall–Kier alpha value is -4.49. The maximum atomic E-state index is 16.0. The molecule has 5 aliphatic rings. The largest absolute Gasteiger partial charge is 0.375 e. The zero-order chi connectivity index (χ0) is 41.2. The molecule has 6 heterocycles. The zero-order valence-electron chi connectivity index (χ0n) is 34.6. The molecule has 4 aromatic rings. The van der Waals surface area contributed by atoms with Crippen LogP contribution in [0.3, 0.4) is 0 Å². The van der Waals surface area contributed by atoms with E-state index >= 15 is 13.2 Å². The molecule has 314 valence electrons. The van der Waals surface area contributed by atoms with E-state index in [0.717, 1.165) is 86.6 Å². The van der Waals surface area contributed by atoms with Gasteiger partial charge in [0.15, 0.2) is 5.82 Å². The molecule has 1 saturated carbocycles. The van der Waals surface area contributed by atoms with Crippen molar-refractivity contribution in [1.29, 1.82) is 0 Å². The van der Waals surface area contributed by atoms with Crippen molar-refractivity contribution < 1.29 is 13.2 Å². The van der Waals surface area contributed by atoms with Crippen molar-refractivity contribution in [2.24, 2.45) is 18.9 Å². The minimum Gasteiger partial charge on any atom is -0.375 e. The molecule has 1 aliphatic carbocycles. The second kappa shape index (κ2) is 15.8. The number of fused-ring (bicyclic) bond motifs is 3. The number of nitrogens with zero attached hydrogens (tertiary/aromatic N) is 8. The van der Waals surface area contributed by atoms with Gasteiger partial charge in [-0.15, -0.1) is 0 Å². The maximum Gasteiger partial charge on any atom is 0.268 e. The Bertz CT molecular complexity index is 2260. The predicted octanol–water partition coefficient (Wildman–Crippen LogP) is 9.12. The highest BCUT2D eigenvalue weighted by molar-refractivity contribution is 6.32. The number of hydrogen-bond acceptors (Lipinski definition) is 9. The summed E-state index contributed by atoms with van der Waals surface area (Å²) in [6.45, 7) is 13.9. The van der Waals surface area contributed by atoms with E-state index in [1.54, 1.807) is 6.20 Å². The molecule has 4 aliphatic heterocycles. The summed E-state index contributed by atoms with van der Waals surface area (Å²) in [7, 11) is 3.97. The number of benzene rings is 2. The van der Waals surface area contributed by atoms with Crippen LogP contribution in [0.15, 0.2) is 60.4 Å². The smallest absolute Gasteiger partial charge is 0.268 e. The van der Waals surface area contributed by atoms with Gasteiger partial charge < -0.3 is 25.3 Å². The molecule has 10 nitrogen and oxygen atoms in total. The monoisotopic (exact) mass is 828 g/mol. The number of aryl methyl sites for hydroxylation is 1. The summed E-state index contributed by atoms with van der Waals surface area (Å²) in [5, 5.41) is 13.2. The van der Waals surface area contributed by atoms with Gasteiger partial charge in [0.1, 0.15) is 11.2 Å². The third-order valence-electron chi connectivity index (χ3n) is 13.5. The molecular formula is C45H56ClF3N10. The predicted molar refractivity (Wildman–Crippen MR) is 233 cm³/mol. The second-order valence-corrected chi connectivity index (χ2v) is 17.9. The number of anilines is 5. The van der Waals surface area contributed by atoms with Crippen LogP contribution in [0.4, 0.5) is 42.0 Å². The van der Waals surface area contributed by atoms with Crippen LogP contribution in [0.1, 0.15) is 76.0 Å². The first-order valence-corrected chi connectivity index (χ1v) is 21.8. The van der Waals surface area contributed by atoms with E-state index in [9.17, 15) is 0 Å². The van der Waals surface area contributed by atoms with Gasteiger partial charge in [-0.3, -0.25) is 9.58 Å². The fraction of sp³-hybridized carbons (Fsp3) is 0.533. The molecule has 14 heteroatoms. The van der Waals surface area contributed by atoms with Gasteiger partial charge in [0.05, 0.1) is 41.4 Å². The SMILES string of the molecule is C=C1C2=C(NC(C3CC3)C(F)(F)CC2)c2cc(Nc3nc(N4CC[C@@H](CN5CCN(c6cccc7c(C(C)CCC)nn(C)c67)CC5)C(F)C4)ncc3Cl)ccc2N1C. The van der Waals surface area contributed by atoms with E-state index in [4.69, 9.17) is 21.7 Å². The van der Waals surface area contributed by atoms with Crippen molar-refractivity contribution in [3.63, 3.8) is 0 Å². The lowest BCUT2D eigenvalue weighted by molar-refractivity contribution is -0.0441. The number of likely N-dealkylation sites (N-methyl/N-ethyl adjacent to an activating group) is 1. The van der Waals surface area contributed by atoms with Crippen molar-refractivity contribution in [1.82, 2.24) is 30.0 Å². The summed E-state index contributed by atoms with van der Waals surface area (Å²) in [6.07, 6.45) is 5.12. The summed E-state index contributed by atoms with van der Waals surface area (Å²) in [5.74, 6) is -1.69. The fourth-order valence-corrected chi connectivity index (χ4v) is 10.0. The Balaban J connectivity index is 0.842. The summed E-state index contributed by atoms with van der Waals surface area (Å²) in [5.41, 5.74) is 8.29. The summed E-state index contributed by atoms with van der Waals surface area (Å²) >= 11 is 6.65. The van der Waals surface area contributed by atoms with Crippen molar-refractivity contribution in [3.05, 3.63) is 76.7 Å². The third-order valence-corrected chi connectivity index (χ3v) is 13.7. The van der Waals surface area contributed by atoms with Crippen LogP contribution in [0, 0.1) is 11.8 Å². The van der Waals surface area contributed by atoms with Crippen LogP contribution < -0.4 is 25.3 Å². The molecule has 59 heavy (non-hydrogen) atoms. The van der Waals surface area contributed by atoms with Gasteiger partial charge in [0.2, 0.25) is 5.95 Å². The van der Waals surface area contributed by atoms with Gasteiger partial charge in [0, 0.05) is 99.7 Å². The molecule has 2 N–H and O–H groups in total. The Morgan fingerprint density at radius 2 is 1.83 bits per heavy atom. The van der Waals surface area contributed by atoms with Crippen LogP contribution in [-0.2, 0) is 7.05 Å². The molecule has 0 bridgehead atoms. The van der Waals surface area contributed by atoms with Crippen molar-refractivity contribution >= 4 is 57.0 Å². The molecule has 3 unspecified atom stereocenters. The van der Waals surface area contributed by atoms with E-state index in [0.29, 0.717) is 41.4 Å². The number of aromatic nitrogens is 4. The maximum absolute atomic E-state index is 16.0. The average molecular weight is 829 g/mol. The molecule has 0 amide bonds. The Kier molecular flexibility index (Phi) is 10.7. The van der Waals surface area contributed by atoms with Crippen LogP contribution in [0.2, 0.25) is 5.02 Å². The molecule has 3 fully saturated rings. The van der Waals surface area contributed by atoms with Crippen LogP contribution in [0.25, 0.3) is 16.6 Å². The van der Waals surface area contributed by atoms with Crippen molar-refractivity contribution in [2.75, 3.05) is 72.9 Å². The zero-order valence-corrected chi connectivity index (χ0v) is 35.4. The minimum atomic E-state index is -2.81. The highest BCUT2D eigenvalue weighted by Gasteiger charge is 2.50. The highest BCUT2D eigenvalue weighted by atomic mass is 35.5. The number of piperazine rings is 1. The quantitative estimate of drug-likeness (QED) is 0.163. The van der Waals surface area contributed by atoms with E-state index < -0.39 is 18.1 Å². The number of para-hydroxylation sites is 1. The summed E-state index contributed by atoms with van der Waals surface area (Å²) in [6, 6.07) is 11.5. The summed E-state index contributed by atoms with van der Waals surface area (Å²) < 4.78 is 48.8. The molecule has 0 spiro atoms. The number of nitrogens with one attached hydrogen (secondary N) is 2. The summed E-state index contributed by atoms with van der Waals surface area (Å²) in [4.78, 5) is 18.0. The molecule has 2 saturated heterocycles. The Labute approximate surface area is 350 Å². The van der Waals surface area contributed by atoms with Gasteiger partial charge in [-0.1, -0.05) is 50.6 Å². The van der Waals surface area contributed by atoms with E-state index in [1.807, 2.05) is 39.7 Å². The van der Waals surface area contributed by atoms with Crippen molar-refractivity contribution in [3.8, 4) is 0 Å². The van der Waals surface area contributed by atoms with Gasteiger partial charge in [-0.25, -0.2) is 18.2 Å². The van der Waals surface area contributed by atoms with Gasteiger partial charge in [-0.05, 0) is 67.9 Å². The Morgan fingerprint density at radius 3 is 2.58 bits per heavy atom. The minimum absolute atomic E-state index is 0.0371. The first-order valence-electron chi connectivity index (χ1n) is 21.5. The lowest BCUT2D eigenvalue weighted by Gasteiger charge is -2.41. The van der Waals surface area contributed by atoms with E-state index in [-0.39, 0.29) is 31.2 Å². The molecule has 2 aromatic heterocycles. The number of hydrogen-bond donors (Lipinski definition) is 2. The highest BCUT2D eigenvalue weighted by Crippen LogP contribution is 2.49. The normalized spacial score (nSPS) is 24.2. The standard InChI is InChI=1S/C45H56ClF3N10/c1-6-8-27(2)39-33-9-7-10-38(41(33)56(5)54-39)58-21-19-57(20-22-58)25-30-16-18-59(26-36(30)47)44-50-24-35(46)43(53-44)51-31-13-14-37-34(23-31)40-32(28(3)55(37)4)15-17-45(48,49)42(52-40)29-11-12-29/h7,9-10,13-14,23-24,27,29-30,36,42,52H,3,6,8,11-12,15-22,25-26H2,1-2,4-5H3,(H,50,51,53)/t27?,30-,36?,42?/m0/s1. The topological polar surface area (TPSA) is 80.6 Å². The van der Waals surface area contributed by atoms with E-state index in [2.05, 4.69) is 71.1 Å². The first kappa shape index (κ1) is 39.9. The number of allylic oxidation sites excluding steroid dienone is 1. The van der Waals surface area contributed by atoms with Crippen LogP contribution >= 0.6 is 11.6 Å².